The van der Waals surface area contributed by atoms with Gasteiger partial charge < -0.3 is 0 Å². The van der Waals surface area contributed by atoms with Crippen LogP contribution in [0.15, 0.2) is 146 Å². The molecule has 1 heterocycles. The molecule has 0 N–H and O–H groups in total. The van der Waals surface area contributed by atoms with E-state index in [-0.39, 0.29) is 11.6 Å². The molecule has 1 aliphatic heterocycles. The normalized spacial score (nSPS) is 18.4. The van der Waals surface area contributed by atoms with Crippen molar-refractivity contribution < 1.29 is 8.78 Å². The van der Waals surface area contributed by atoms with E-state index >= 15 is 0 Å². The zero-order valence-corrected chi connectivity index (χ0v) is 24.5. The third-order valence-electron chi connectivity index (χ3n) is 8.24. The third kappa shape index (κ3) is 4.28. The molecule has 7 rings (SSSR count). The standard InChI is InChI=1S/C37H27F2PSi/c1-41(32-24-20-30(39)21-25-32)34-17-9-15-26-14-8-16-33(35(26)34)40(31-22-18-29(38)19-23-31)36(27-10-4-2-5-11-27)37(41)28-12-6-3-7-13-28/h2-25H,1H3. The van der Waals surface area contributed by atoms with Crippen LogP contribution in [0.1, 0.15) is 11.1 Å². The molecule has 0 aromatic heterocycles. The van der Waals surface area contributed by atoms with Crippen molar-refractivity contribution in [3.63, 3.8) is 0 Å². The first-order chi connectivity index (χ1) is 20.1. The summed E-state index contributed by atoms with van der Waals surface area (Å²) in [4.78, 5) is 0. The Balaban J connectivity index is 1.74. The fourth-order valence-corrected chi connectivity index (χ4v) is 14.4. The summed E-state index contributed by atoms with van der Waals surface area (Å²) in [5, 5.41) is 9.90. The highest BCUT2D eigenvalue weighted by Crippen LogP contribution is 2.56. The SMILES string of the molecule is C[Si]1(c2ccc(F)cc2)C(c2ccccc2)=C(c2ccccc2)P(c2ccc(F)cc2)c2cccc3cccc1c23. The Hall–Kier alpha value is -4.17. The van der Waals surface area contributed by atoms with Crippen LogP contribution in [0.3, 0.4) is 0 Å². The topological polar surface area (TPSA) is 0 Å². The molecule has 41 heavy (non-hydrogen) atoms. The minimum Gasteiger partial charge on any atom is -0.207 e. The lowest BCUT2D eigenvalue weighted by Gasteiger charge is -2.34. The number of benzene rings is 6. The van der Waals surface area contributed by atoms with Gasteiger partial charge in [0.2, 0.25) is 0 Å². The Morgan fingerprint density at radius 1 is 0.537 bits per heavy atom. The summed E-state index contributed by atoms with van der Waals surface area (Å²) in [7, 11) is -3.88. The summed E-state index contributed by atoms with van der Waals surface area (Å²) in [5.74, 6) is -0.475. The highest BCUT2D eigenvalue weighted by Gasteiger charge is 2.44. The molecule has 0 fully saturated rings. The van der Waals surface area contributed by atoms with Gasteiger partial charge in [0.25, 0.3) is 0 Å². The molecular formula is C37H27F2PSi. The van der Waals surface area contributed by atoms with Crippen LogP contribution >= 0.6 is 7.92 Å². The van der Waals surface area contributed by atoms with E-state index in [1.165, 1.54) is 37.3 Å². The maximum absolute atomic E-state index is 14.4. The maximum atomic E-state index is 14.4. The summed E-state index contributed by atoms with van der Waals surface area (Å²) >= 11 is 0. The van der Waals surface area contributed by atoms with E-state index in [1.54, 1.807) is 24.3 Å². The predicted molar refractivity (Wildman–Crippen MR) is 174 cm³/mol. The lowest BCUT2D eigenvalue weighted by atomic mass is 10.1. The zero-order valence-electron chi connectivity index (χ0n) is 22.6. The van der Waals surface area contributed by atoms with Crippen LogP contribution in [0.4, 0.5) is 8.78 Å². The summed E-state index contributed by atoms with van der Waals surface area (Å²) in [5.41, 5.74) is 2.33. The van der Waals surface area contributed by atoms with Crippen molar-refractivity contribution in [1.82, 2.24) is 0 Å². The molecule has 0 bridgehead atoms. The molecule has 0 radical (unpaired) electrons. The van der Waals surface area contributed by atoms with Crippen LogP contribution in [0.2, 0.25) is 6.55 Å². The van der Waals surface area contributed by atoms with Gasteiger partial charge in [-0.3, -0.25) is 0 Å². The molecular weight excluding hydrogens is 541 g/mol. The molecule has 0 aliphatic carbocycles. The Kier molecular flexibility index (Phi) is 6.50. The second-order valence-electron chi connectivity index (χ2n) is 10.6. The maximum Gasteiger partial charge on any atom is 0.147 e. The van der Waals surface area contributed by atoms with Crippen LogP contribution in [0.25, 0.3) is 21.3 Å². The van der Waals surface area contributed by atoms with Crippen molar-refractivity contribution >= 4 is 58.3 Å². The van der Waals surface area contributed by atoms with Crippen molar-refractivity contribution in [2.24, 2.45) is 0 Å². The molecule has 2 atom stereocenters. The van der Waals surface area contributed by atoms with Crippen LogP contribution in [-0.2, 0) is 0 Å². The van der Waals surface area contributed by atoms with E-state index in [1.807, 2.05) is 24.3 Å². The van der Waals surface area contributed by atoms with Crippen LogP contribution < -0.4 is 21.0 Å². The lowest BCUT2D eigenvalue weighted by molar-refractivity contribution is 0.628. The molecule has 0 saturated carbocycles. The van der Waals surface area contributed by atoms with Gasteiger partial charge in [0.1, 0.15) is 19.7 Å². The van der Waals surface area contributed by atoms with Gasteiger partial charge in [-0.15, -0.1) is 0 Å². The van der Waals surface area contributed by atoms with E-state index in [9.17, 15) is 8.78 Å². The minimum atomic E-state index is -2.78. The quantitative estimate of drug-likeness (QED) is 0.150. The molecule has 6 aromatic carbocycles. The third-order valence-corrected chi connectivity index (χ3v) is 15.6. The largest absolute Gasteiger partial charge is 0.207 e. The lowest BCUT2D eigenvalue weighted by Crippen LogP contribution is -2.57. The Morgan fingerprint density at radius 3 is 1.73 bits per heavy atom. The first-order valence-electron chi connectivity index (χ1n) is 13.8. The number of halogens is 2. The van der Waals surface area contributed by atoms with Gasteiger partial charge >= 0.3 is 0 Å². The summed E-state index contributed by atoms with van der Waals surface area (Å²) in [6, 6.07) is 48.8. The molecule has 4 heteroatoms. The van der Waals surface area contributed by atoms with Gasteiger partial charge in [0, 0.05) is 0 Å². The monoisotopic (exact) mass is 568 g/mol. The Labute approximate surface area is 241 Å². The van der Waals surface area contributed by atoms with E-state index in [2.05, 4.69) is 104 Å². The summed E-state index contributed by atoms with van der Waals surface area (Å²) in [6.07, 6.45) is 0. The van der Waals surface area contributed by atoms with Gasteiger partial charge in [0.05, 0.1) is 0 Å². The van der Waals surface area contributed by atoms with Crippen molar-refractivity contribution in [3.8, 4) is 0 Å². The van der Waals surface area contributed by atoms with E-state index in [0.29, 0.717) is 0 Å². The molecule has 0 saturated heterocycles. The van der Waals surface area contributed by atoms with Crippen molar-refractivity contribution in [2.45, 2.75) is 6.55 Å². The van der Waals surface area contributed by atoms with Gasteiger partial charge in [-0.1, -0.05) is 128 Å². The van der Waals surface area contributed by atoms with Gasteiger partial charge in [-0.2, -0.15) is 0 Å². The minimum absolute atomic E-state index is 0.235. The predicted octanol–water partition coefficient (Wildman–Crippen LogP) is 7.86. The second-order valence-corrected chi connectivity index (χ2v) is 16.6. The number of rotatable bonds is 4. The van der Waals surface area contributed by atoms with Crippen LogP contribution in [-0.4, -0.2) is 8.07 Å². The Bertz CT molecular complexity index is 1890. The first-order valence-corrected chi connectivity index (χ1v) is 17.6. The highest BCUT2D eigenvalue weighted by atomic mass is 31.1. The van der Waals surface area contributed by atoms with E-state index in [4.69, 9.17) is 0 Å². The molecule has 198 valence electrons. The fourth-order valence-electron chi connectivity index (χ4n) is 6.37. The molecule has 2 unspecified atom stereocenters. The summed E-state index contributed by atoms with van der Waals surface area (Å²) < 4.78 is 28.7. The van der Waals surface area contributed by atoms with Gasteiger partial charge in [-0.05, 0) is 85.6 Å². The molecule has 0 nitrogen and oxygen atoms in total. The molecule has 1 aliphatic rings. The zero-order chi connectivity index (χ0) is 28.0. The van der Waals surface area contributed by atoms with Crippen molar-refractivity contribution in [3.05, 3.63) is 168 Å². The number of hydrogen-bond donors (Lipinski definition) is 0. The van der Waals surface area contributed by atoms with E-state index < -0.39 is 16.0 Å². The molecule has 6 aromatic rings. The second kappa shape index (κ2) is 10.3. The average Bonchev–Trinajstić information content (AvgIpc) is 3.11. The van der Waals surface area contributed by atoms with Gasteiger partial charge in [-0.25, -0.2) is 8.78 Å². The van der Waals surface area contributed by atoms with Crippen LogP contribution in [0, 0.1) is 11.6 Å². The first kappa shape index (κ1) is 25.8. The van der Waals surface area contributed by atoms with Crippen LogP contribution in [0.5, 0.6) is 0 Å². The highest BCUT2D eigenvalue weighted by molar-refractivity contribution is 7.83. The molecule has 0 spiro atoms. The molecule has 0 amide bonds. The van der Waals surface area contributed by atoms with Crippen molar-refractivity contribution in [1.29, 1.82) is 0 Å². The average molecular weight is 569 g/mol. The van der Waals surface area contributed by atoms with Gasteiger partial charge in [0.15, 0.2) is 0 Å². The summed E-state index contributed by atoms with van der Waals surface area (Å²) in [6.45, 7) is 2.42. The smallest absolute Gasteiger partial charge is 0.147 e. The number of hydrogen-bond acceptors (Lipinski definition) is 0. The van der Waals surface area contributed by atoms with Crippen molar-refractivity contribution in [2.75, 3.05) is 0 Å². The fraction of sp³-hybridized carbons (Fsp3) is 0.0270. The van der Waals surface area contributed by atoms with E-state index in [0.717, 1.165) is 16.1 Å². The Morgan fingerprint density at radius 2 is 1.10 bits per heavy atom.